The summed E-state index contributed by atoms with van der Waals surface area (Å²) in [5, 5.41) is 20.1. The zero-order valence-electron chi connectivity index (χ0n) is 32.5. The van der Waals surface area contributed by atoms with E-state index in [9.17, 15) is 14.4 Å². The number of halogens is 2. The highest BCUT2D eigenvalue weighted by molar-refractivity contribution is 6.31. The first-order valence-electron chi connectivity index (χ1n) is 18.2. The second-order valence-electron chi connectivity index (χ2n) is 12.9. The minimum atomic E-state index is -0.395. The van der Waals surface area contributed by atoms with Gasteiger partial charge in [-0.3, -0.25) is 14.4 Å². The van der Waals surface area contributed by atoms with Crippen molar-refractivity contribution in [2.24, 2.45) is 0 Å². The molecule has 56 heavy (non-hydrogen) atoms. The number of aromatic nitrogens is 2. The molecule has 2 aromatic carbocycles. The van der Waals surface area contributed by atoms with Crippen LogP contribution in [-0.4, -0.2) is 110 Å². The third-order valence-corrected chi connectivity index (χ3v) is 8.92. The van der Waals surface area contributed by atoms with Gasteiger partial charge >= 0.3 is 0 Å². The summed E-state index contributed by atoms with van der Waals surface area (Å²) in [6.45, 7) is 4.98. The van der Waals surface area contributed by atoms with Crippen molar-refractivity contribution in [2.45, 2.75) is 51.5 Å². The highest BCUT2D eigenvalue weighted by atomic mass is 35.5. The Morgan fingerprint density at radius 1 is 0.875 bits per heavy atom. The summed E-state index contributed by atoms with van der Waals surface area (Å²) >= 11 is 10.5. The molecule has 17 heteroatoms. The van der Waals surface area contributed by atoms with Crippen molar-refractivity contribution < 1.29 is 28.8 Å². The molecule has 302 valence electrons. The van der Waals surface area contributed by atoms with Gasteiger partial charge in [-0.1, -0.05) is 49.2 Å². The standard InChI is InChI=1S/C24H31ClN8O3.C14H18N2O2.CH3Cl/c1-32(13-10-26)19(34)15-36-18-8-6-16(7-9-18)4-2-11-33-12-3-5-17(14-33)29-24(35)20-22(27)31-23(28)21(25)30-20;1-3-4-12-5-7-13(8-6-12)18-11-14(17)16(2)10-9-15;1-2/h6-9,17H,2-5,11-15H2,1H3,(H,29,35)(H4,27,28,31);5-8H,3-4,10-11H2,1-2H3;1H3/p+1. The maximum absolute atomic E-state index is 12.6. The van der Waals surface area contributed by atoms with E-state index in [-0.39, 0.29) is 66.6 Å². The van der Waals surface area contributed by atoms with Crippen LogP contribution in [0.5, 0.6) is 11.5 Å². The molecule has 1 aromatic heterocycles. The third-order valence-electron chi connectivity index (χ3n) is 8.65. The van der Waals surface area contributed by atoms with E-state index in [4.69, 9.17) is 43.1 Å². The number of nitriles is 2. The zero-order chi connectivity index (χ0) is 41.5. The SMILES string of the molecule is CCCc1ccc(OCC(=O)N(C)CC#N)cc1.CCl.CN(CC#N)C(=O)COc1ccc(CCC[NH+]2CCCC(NC(=O)c3nc(Cl)c(N)nc3N)C2)cc1. The van der Waals surface area contributed by atoms with Crippen molar-refractivity contribution in [3.8, 4) is 23.6 Å². The first-order valence-corrected chi connectivity index (χ1v) is 19.3. The van der Waals surface area contributed by atoms with Gasteiger partial charge in [0.05, 0.1) is 37.8 Å². The Kier molecular flexibility index (Phi) is 21.5. The maximum Gasteiger partial charge on any atom is 0.274 e. The number of carbonyl (C=O) groups is 3. The van der Waals surface area contributed by atoms with Crippen LogP contribution in [0.3, 0.4) is 0 Å². The van der Waals surface area contributed by atoms with Crippen LogP contribution in [-0.2, 0) is 22.4 Å². The Morgan fingerprint density at radius 2 is 1.39 bits per heavy atom. The minimum absolute atomic E-state index is 0.00360. The molecule has 0 radical (unpaired) electrons. The first kappa shape index (κ1) is 46.8. The number of likely N-dealkylation sites (tertiary alicyclic amines) is 1. The van der Waals surface area contributed by atoms with Crippen LogP contribution in [0.25, 0.3) is 0 Å². The second kappa shape index (κ2) is 25.7. The van der Waals surface area contributed by atoms with Crippen LogP contribution < -0.4 is 31.2 Å². The number of nitrogen functional groups attached to an aromatic ring is 2. The van der Waals surface area contributed by atoms with Crippen LogP contribution in [0, 0.1) is 22.7 Å². The molecule has 3 amide bonds. The van der Waals surface area contributed by atoms with E-state index in [0.717, 1.165) is 58.2 Å². The van der Waals surface area contributed by atoms with E-state index >= 15 is 0 Å². The van der Waals surface area contributed by atoms with E-state index in [1.807, 2.05) is 60.7 Å². The molecule has 2 heterocycles. The lowest BCUT2D eigenvalue weighted by Crippen LogP contribution is -3.14. The number of nitrogens with one attached hydrogen (secondary N) is 2. The van der Waals surface area contributed by atoms with Gasteiger partial charge in [0.25, 0.3) is 17.7 Å². The normalized spacial score (nSPS) is 14.2. The highest BCUT2D eigenvalue weighted by Crippen LogP contribution is 2.18. The smallest absolute Gasteiger partial charge is 0.274 e. The van der Waals surface area contributed by atoms with Crippen LogP contribution in [0.2, 0.25) is 5.15 Å². The largest absolute Gasteiger partial charge is 0.484 e. The number of benzene rings is 2. The number of carbonyl (C=O) groups excluding carboxylic acids is 3. The topological polar surface area (TPSA) is 218 Å². The molecule has 2 unspecified atom stereocenters. The van der Waals surface area contributed by atoms with E-state index in [1.165, 1.54) is 32.2 Å². The van der Waals surface area contributed by atoms with Gasteiger partial charge in [0.15, 0.2) is 35.7 Å². The minimum Gasteiger partial charge on any atom is -0.484 e. The molecule has 6 N–H and O–H groups in total. The number of nitrogens with zero attached hydrogens (tertiary/aromatic N) is 6. The molecule has 2 atom stereocenters. The fourth-order valence-electron chi connectivity index (χ4n) is 5.60. The fourth-order valence-corrected chi connectivity index (χ4v) is 5.73. The van der Waals surface area contributed by atoms with Crippen molar-refractivity contribution >= 4 is 52.6 Å². The summed E-state index contributed by atoms with van der Waals surface area (Å²) in [6.07, 6.45) is 7.45. The quantitative estimate of drug-likeness (QED) is 0.122. The number of anilines is 2. The van der Waals surface area contributed by atoms with E-state index in [1.54, 1.807) is 14.1 Å². The molecule has 4 rings (SSSR count). The van der Waals surface area contributed by atoms with E-state index in [0.29, 0.717) is 11.5 Å². The van der Waals surface area contributed by atoms with Crippen molar-refractivity contribution in [3.63, 3.8) is 0 Å². The molecule has 15 nitrogen and oxygen atoms in total. The van der Waals surface area contributed by atoms with Gasteiger partial charge in [-0.05, 0) is 61.1 Å². The number of rotatable bonds is 16. The van der Waals surface area contributed by atoms with Gasteiger partial charge in [0.2, 0.25) is 0 Å². The Morgan fingerprint density at radius 3 is 1.89 bits per heavy atom. The van der Waals surface area contributed by atoms with Crippen LogP contribution in [0.15, 0.2) is 48.5 Å². The van der Waals surface area contributed by atoms with Crippen molar-refractivity contribution in [1.82, 2.24) is 25.1 Å². The number of nitrogens with two attached hydrogens (primary N) is 2. The van der Waals surface area contributed by atoms with Gasteiger partial charge in [-0.15, -0.1) is 11.6 Å². The van der Waals surface area contributed by atoms with Crippen molar-refractivity contribution in [1.29, 1.82) is 10.5 Å². The van der Waals surface area contributed by atoms with Gasteiger partial charge in [-0.25, -0.2) is 9.97 Å². The molecule has 3 aromatic rings. The molecular weight excluding hydrogens is 759 g/mol. The van der Waals surface area contributed by atoms with Crippen molar-refractivity contribution in [3.05, 3.63) is 70.5 Å². The lowest BCUT2D eigenvalue weighted by Gasteiger charge is -2.30. The summed E-state index contributed by atoms with van der Waals surface area (Å²) in [5.41, 5.74) is 13.8. The molecule has 1 fully saturated rings. The Hall–Kier alpha value is -5.35. The molecule has 1 aliphatic heterocycles. The lowest BCUT2D eigenvalue weighted by molar-refractivity contribution is -0.906. The Bertz CT molecular complexity index is 1770. The maximum atomic E-state index is 12.6. The second-order valence-corrected chi connectivity index (χ2v) is 13.3. The van der Waals surface area contributed by atoms with Crippen LogP contribution in [0.1, 0.15) is 54.2 Å². The van der Waals surface area contributed by atoms with Gasteiger partial charge in [0.1, 0.15) is 24.6 Å². The number of ether oxygens (including phenoxy) is 2. The Labute approximate surface area is 339 Å². The summed E-state index contributed by atoms with van der Waals surface area (Å²) < 4.78 is 10.9. The number of alkyl halides is 1. The fraction of sp³-hybridized carbons (Fsp3) is 0.462. The van der Waals surface area contributed by atoms with Gasteiger partial charge in [0, 0.05) is 26.9 Å². The number of hydrogen-bond acceptors (Lipinski definition) is 11. The van der Waals surface area contributed by atoms with Crippen molar-refractivity contribution in [2.75, 3.05) is 77.9 Å². The molecule has 0 saturated carbocycles. The average Bonchev–Trinajstić information content (AvgIpc) is 3.20. The number of likely N-dealkylation sites (N-methyl/N-ethyl adjacent to an activating group) is 2. The number of piperidine rings is 1. The highest BCUT2D eigenvalue weighted by Gasteiger charge is 2.26. The molecule has 0 bridgehead atoms. The molecule has 1 saturated heterocycles. The number of hydrogen-bond donors (Lipinski definition) is 4. The lowest BCUT2D eigenvalue weighted by atomic mass is 10.0. The summed E-state index contributed by atoms with van der Waals surface area (Å²) in [7, 11) is 3.15. The van der Waals surface area contributed by atoms with E-state index in [2.05, 4.69) is 33.8 Å². The van der Waals surface area contributed by atoms with Gasteiger partial charge in [-0.2, -0.15) is 10.5 Å². The third kappa shape index (κ3) is 16.6. The summed E-state index contributed by atoms with van der Waals surface area (Å²) in [4.78, 5) is 48.0. The number of quaternary nitrogens is 1. The summed E-state index contributed by atoms with van der Waals surface area (Å²) in [5.74, 6) is 0.412. The number of amides is 3. The Balaban J connectivity index is 0.000000455. The van der Waals surface area contributed by atoms with Crippen LogP contribution >= 0.6 is 23.2 Å². The van der Waals surface area contributed by atoms with E-state index < -0.39 is 5.91 Å². The van der Waals surface area contributed by atoms with Crippen LogP contribution in [0.4, 0.5) is 11.6 Å². The predicted molar refractivity (Wildman–Crippen MR) is 216 cm³/mol. The number of aryl methyl sites for hydroxylation is 2. The average molecular weight is 813 g/mol. The van der Waals surface area contributed by atoms with Gasteiger partial charge < -0.3 is 41.0 Å². The molecule has 1 aliphatic rings. The first-order chi connectivity index (χ1) is 26.9. The molecular formula is C39H53Cl2N10O5+. The predicted octanol–water partition coefficient (Wildman–Crippen LogP) is 2.92. The molecule has 0 spiro atoms. The monoisotopic (exact) mass is 811 g/mol. The summed E-state index contributed by atoms with van der Waals surface area (Å²) in [6, 6.07) is 19.3. The molecule has 0 aliphatic carbocycles. The zero-order valence-corrected chi connectivity index (χ0v) is 34.0.